The van der Waals surface area contributed by atoms with Gasteiger partial charge in [0.2, 0.25) is 0 Å². The fraction of sp³-hybridized carbons (Fsp3) is 0.400. The van der Waals surface area contributed by atoms with Crippen LogP contribution in [0.25, 0.3) is 10.9 Å². The van der Waals surface area contributed by atoms with Crippen molar-refractivity contribution in [1.29, 1.82) is 0 Å². The van der Waals surface area contributed by atoms with E-state index in [1.807, 2.05) is 54.2 Å². The van der Waals surface area contributed by atoms with Gasteiger partial charge in [-0.05, 0) is 92.3 Å². The lowest BCUT2D eigenvalue weighted by Crippen LogP contribution is -2.53. The average molecular weight is 797 g/mol. The molecule has 3 N–H and O–H groups in total. The Bertz CT molecular complexity index is 2110. The Balaban J connectivity index is 1.13. The number of amides is 2. The topological polar surface area (TPSA) is 142 Å². The van der Waals surface area contributed by atoms with Crippen LogP contribution in [0.2, 0.25) is 5.02 Å². The first-order chi connectivity index (χ1) is 26.7. The molecule has 0 saturated carbocycles. The number of carbonyl (C=O) groups is 3. The number of anilines is 2. The number of piperazine rings is 1. The minimum atomic E-state index is -4.81. The van der Waals surface area contributed by atoms with Gasteiger partial charge in [0.05, 0.1) is 21.8 Å². The third-order valence-electron chi connectivity index (χ3n) is 10.2. The summed E-state index contributed by atoms with van der Waals surface area (Å²) in [6.07, 6.45) is -6.49. The van der Waals surface area contributed by atoms with Gasteiger partial charge >= 0.3 is 18.2 Å². The molecule has 1 atom stereocenters. The number of nitrogens with two attached hydrogens (primary N) is 1. The van der Waals surface area contributed by atoms with E-state index in [0.717, 1.165) is 22.7 Å². The number of aromatic amines is 1. The third kappa shape index (κ3) is 9.56. The molecular weight excluding hydrogens is 753 g/mol. The van der Waals surface area contributed by atoms with Crippen molar-refractivity contribution in [3.63, 3.8) is 0 Å². The standard InChI is InChI=1S/C40H44ClF3N6O6/c1-47(2)19-20-55-38(53)27-7-9-29(10-8-27)48-15-17-49(18-16-48)37(52)34(23-25-21-31(40(42,43)44)35(45)32(41)22-25)56-39(54)50-13-11-26(12-14-50)30-24-28-5-3-4-6-33(28)46-36(30)51/h3-10,21-22,24,26,34H,11-20,23,45H2,1-2H3,(H,46,51)/t34-/m1/s1. The summed E-state index contributed by atoms with van der Waals surface area (Å²) in [7, 11) is 3.77. The van der Waals surface area contributed by atoms with Gasteiger partial charge in [0.15, 0.2) is 6.10 Å². The number of halogens is 4. The van der Waals surface area contributed by atoms with Crippen LogP contribution in [0.15, 0.2) is 71.5 Å². The zero-order valence-corrected chi connectivity index (χ0v) is 31.9. The number of hydrogen-bond donors (Lipinski definition) is 2. The van der Waals surface area contributed by atoms with E-state index in [4.69, 9.17) is 26.8 Å². The van der Waals surface area contributed by atoms with Crippen molar-refractivity contribution in [3.8, 4) is 0 Å². The van der Waals surface area contributed by atoms with E-state index in [1.54, 1.807) is 24.3 Å². The van der Waals surface area contributed by atoms with Crippen LogP contribution in [-0.2, 0) is 26.9 Å². The second kappa shape index (κ2) is 17.2. The number of ether oxygens (including phenoxy) is 2. The van der Waals surface area contributed by atoms with Crippen LogP contribution in [-0.4, -0.2) is 110 Å². The van der Waals surface area contributed by atoms with E-state index in [1.165, 1.54) is 15.9 Å². The Kier molecular flexibility index (Phi) is 12.4. The molecule has 2 aliphatic heterocycles. The van der Waals surface area contributed by atoms with Crippen LogP contribution in [0.1, 0.15) is 45.8 Å². The van der Waals surface area contributed by atoms with E-state index < -0.39 is 41.5 Å². The number of H-pyrrole nitrogens is 1. The first-order valence-corrected chi connectivity index (χ1v) is 18.7. The number of hydrogen-bond acceptors (Lipinski definition) is 9. The molecule has 0 bridgehead atoms. The molecule has 16 heteroatoms. The van der Waals surface area contributed by atoms with Gasteiger partial charge in [-0.3, -0.25) is 9.59 Å². The normalized spacial score (nSPS) is 15.9. The molecule has 4 aromatic rings. The van der Waals surface area contributed by atoms with E-state index >= 15 is 0 Å². The fourth-order valence-electron chi connectivity index (χ4n) is 7.06. The molecule has 2 amide bonds. The molecule has 3 heterocycles. The van der Waals surface area contributed by atoms with Crippen LogP contribution in [0, 0.1) is 0 Å². The summed E-state index contributed by atoms with van der Waals surface area (Å²) in [5.74, 6) is -1.10. The monoisotopic (exact) mass is 796 g/mol. The number of nitrogens with zero attached hydrogens (tertiary/aromatic N) is 4. The molecule has 2 aliphatic rings. The Morgan fingerprint density at radius 1 is 0.946 bits per heavy atom. The quantitative estimate of drug-likeness (QED) is 0.151. The Labute approximate surface area is 326 Å². The molecule has 1 aromatic heterocycles. The second-order valence-corrected chi connectivity index (χ2v) is 14.7. The van der Waals surface area contributed by atoms with Crippen molar-refractivity contribution < 1.29 is 37.0 Å². The number of nitrogen functional groups attached to an aromatic ring is 1. The highest BCUT2D eigenvalue weighted by Crippen LogP contribution is 2.38. The highest BCUT2D eigenvalue weighted by molar-refractivity contribution is 6.33. The summed E-state index contributed by atoms with van der Waals surface area (Å²) in [6.45, 7) is 2.65. The van der Waals surface area contributed by atoms with E-state index in [-0.39, 0.29) is 61.3 Å². The number of aromatic nitrogens is 1. The van der Waals surface area contributed by atoms with Crippen LogP contribution in [0.3, 0.4) is 0 Å². The lowest BCUT2D eigenvalue weighted by molar-refractivity contribution is -0.141. The van der Waals surface area contributed by atoms with Crippen molar-refractivity contribution in [3.05, 3.63) is 104 Å². The molecular formula is C40H44ClF3N6O6. The van der Waals surface area contributed by atoms with Gasteiger partial charge in [-0.15, -0.1) is 0 Å². The van der Waals surface area contributed by atoms with Gasteiger partial charge in [0, 0.05) is 69.0 Å². The largest absolute Gasteiger partial charge is 0.461 e. The highest BCUT2D eigenvalue weighted by atomic mass is 35.5. The van der Waals surface area contributed by atoms with Gasteiger partial charge in [-0.2, -0.15) is 13.2 Å². The first-order valence-electron chi connectivity index (χ1n) is 18.4. The van der Waals surface area contributed by atoms with Crippen LogP contribution < -0.4 is 16.2 Å². The van der Waals surface area contributed by atoms with Gasteiger partial charge in [-0.25, -0.2) is 9.59 Å². The van der Waals surface area contributed by atoms with Gasteiger partial charge in [0.25, 0.3) is 11.5 Å². The summed E-state index contributed by atoms with van der Waals surface area (Å²) in [6, 6.07) is 18.3. The van der Waals surface area contributed by atoms with Crippen molar-refractivity contribution in [2.45, 2.75) is 37.5 Å². The molecule has 3 aromatic carbocycles. The first kappa shape index (κ1) is 40.4. The molecule has 12 nitrogen and oxygen atoms in total. The van der Waals surface area contributed by atoms with Crippen molar-refractivity contribution in [1.82, 2.24) is 19.7 Å². The van der Waals surface area contributed by atoms with E-state index in [0.29, 0.717) is 43.6 Å². The lowest BCUT2D eigenvalue weighted by Gasteiger charge is -2.38. The smallest absolute Gasteiger partial charge is 0.418 e. The number of nitrogens with one attached hydrogen (secondary N) is 1. The van der Waals surface area contributed by atoms with Crippen LogP contribution >= 0.6 is 11.6 Å². The SMILES string of the molecule is CN(C)CCOC(=O)c1ccc(N2CCN(C(=O)[C@@H](Cc3cc(Cl)c(N)c(C(F)(F)F)c3)OC(=O)N3CCC(c4cc5ccccc5[nH]c4=O)CC3)CC2)cc1. The van der Waals surface area contributed by atoms with Gasteiger partial charge < -0.3 is 39.8 Å². The average Bonchev–Trinajstić information content (AvgIpc) is 3.18. The van der Waals surface area contributed by atoms with Crippen LogP contribution in [0.5, 0.6) is 0 Å². The molecule has 6 rings (SSSR count). The zero-order chi connectivity index (χ0) is 40.1. The third-order valence-corrected chi connectivity index (χ3v) is 10.6. The number of piperidine rings is 1. The van der Waals surface area contributed by atoms with E-state index in [2.05, 4.69) is 4.98 Å². The Morgan fingerprint density at radius 3 is 2.29 bits per heavy atom. The number of para-hydroxylation sites is 1. The Hall–Kier alpha value is -5.28. The summed E-state index contributed by atoms with van der Waals surface area (Å²) in [5.41, 5.74) is 6.30. The van der Waals surface area contributed by atoms with Gasteiger partial charge in [-0.1, -0.05) is 29.8 Å². The molecule has 298 valence electrons. The number of esters is 1. The number of rotatable bonds is 10. The minimum Gasteiger partial charge on any atom is -0.461 e. The number of likely N-dealkylation sites (N-methyl/N-ethyl adjacent to an activating group) is 1. The molecule has 0 radical (unpaired) electrons. The summed E-state index contributed by atoms with van der Waals surface area (Å²) in [5, 5.41) is 0.563. The molecule has 2 saturated heterocycles. The predicted octanol–water partition coefficient (Wildman–Crippen LogP) is 5.78. The maximum absolute atomic E-state index is 14.1. The number of alkyl halides is 3. The lowest BCUT2D eigenvalue weighted by atomic mass is 9.89. The number of fused-ring (bicyclic) bond motifs is 1. The van der Waals surface area contributed by atoms with Crippen molar-refractivity contribution in [2.24, 2.45) is 0 Å². The number of pyridine rings is 1. The van der Waals surface area contributed by atoms with Gasteiger partial charge in [0.1, 0.15) is 6.61 Å². The van der Waals surface area contributed by atoms with Crippen LogP contribution in [0.4, 0.5) is 29.3 Å². The highest BCUT2D eigenvalue weighted by Gasteiger charge is 2.37. The minimum absolute atomic E-state index is 0.0240. The summed E-state index contributed by atoms with van der Waals surface area (Å²) >= 11 is 6.11. The van der Waals surface area contributed by atoms with Crippen molar-refractivity contribution in [2.75, 3.05) is 77.1 Å². The second-order valence-electron chi connectivity index (χ2n) is 14.3. The Morgan fingerprint density at radius 2 is 1.62 bits per heavy atom. The predicted molar refractivity (Wildman–Crippen MR) is 207 cm³/mol. The molecule has 0 unspecified atom stereocenters. The summed E-state index contributed by atoms with van der Waals surface area (Å²) < 4.78 is 52.7. The molecule has 0 spiro atoms. The number of likely N-dealkylation sites (tertiary alicyclic amines) is 1. The maximum atomic E-state index is 14.1. The fourth-order valence-corrected chi connectivity index (χ4v) is 7.30. The zero-order valence-electron chi connectivity index (χ0n) is 31.1. The summed E-state index contributed by atoms with van der Waals surface area (Å²) in [4.78, 5) is 62.8. The number of benzene rings is 3. The maximum Gasteiger partial charge on any atom is 0.418 e. The van der Waals surface area contributed by atoms with E-state index in [9.17, 15) is 32.3 Å². The van der Waals surface area contributed by atoms with Crippen molar-refractivity contribution >= 4 is 51.8 Å². The molecule has 0 aliphatic carbocycles. The molecule has 56 heavy (non-hydrogen) atoms. The number of carbonyl (C=O) groups excluding carboxylic acids is 3. The molecule has 2 fully saturated rings.